The summed E-state index contributed by atoms with van der Waals surface area (Å²) >= 11 is 1.35. The van der Waals surface area contributed by atoms with Gasteiger partial charge < -0.3 is 4.90 Å². The summed E-state index contributed by atoms with van der Waals surface area (Å²) in [5.74, 6) is 0.257. The number of nitrogens with zero attached hydrogens (tertiary/aromatic N) is 4. The van der Waals surface area contributed by atoms with Gasteiger partial charge in [-0.2, -0.15) is 0 Å². The number of rotatable bonds is 6. The Morgan fingerprint density at radius 3 is 2.26 bits per heavy atom. The molecule has 2 rings (SSSR count). The first-order valence-electron chi connectivity index (χ1n) is 9.13. The Bertz CT molecular complexity index is 968. The van der Waals surface area contributed by atoms with Crippen LogP contribution in [0.1, 0.15) is 40.2 Å². The third kappa shape index (κ3) is 3.95. The first-order valence-corrected chi connectivity index (χ1v) is 10.1. The normalized spacial score (nSPS) is 11.6. The van der Waals surface area contributed by atoms with Crippen LogP contribution in [0, 0.1) is 0 Å². The average Bonchev–Trinajstić information content (AvgIpc) is 2.61. The van der Waals surface area contributed by atoms with Gasteiger partial charge in [0.05, 0.1) is 11.1 Å². The van der Waals surface area contributed by atoms with E-state index in [1.54, 1.807) is 13.2 Å². The van der Waals surface area contributed by atoms with Crippen molar-refractivity contribution in [2.24, 2.45) is 14.1 Å². The number of aryl methyl sites for hydroxylation is 2. The number of aromatic nitrogens is 3. The van der Waals surface area contributed by atoms with E-state index >= 15 is 0 Å². The van der Waals surface area contributed by atoms with E-state index in [1.165, 1.54) is 23.4 Å². The Kier molecular flexibility index (Phi) is 6.51. The van der Waals surface area contributed by atoms with E-state index in [0.29, 0.717) is 17.5 Å². The smallest absolute Gasteiger partial charge is 0.332 e. The van der Waals surface area contributed by atoms with Crippen molar-refractivity contribution in [3.63, 3.8) is 0 Å². The lowest BCUT2D eigenvalue weighted by molar-refractivity contribution is -0.131. The quantitative estimate of drug-likeness (QED) is 0.702. The summed E-state index contributed by atoms with van der Waals surface area (Å²) in [6.45, 7) is 9.96. The van der Waals surface area contributed by atoms with Crippen LogP contribution in [-0.4, -0.2) is 42.8 Å². The molecule has 1 amide bonds. The lowest BCUT2D eigenvalue weighted by Gasteiger charge is -2.30. The minimum atomic E-state index is -0.415. The molecule has 2 aromatic heterocycles. The zero-order valence-electron chi connectivity index (χ0n) is 17.1. The highest BCUT2D eigenvalue weighted by molar-refractivity contribution is 8.00. The largest absolute Gasteiger partial charge is 0.337 e. The van der Waals surface area contributed by atoms with E-state index in [2.05, 4.69) is 4.98 Å². The van der Waals surface area contributed by atoms with Gasteiger partial charge >= 0.3 is 5.69 Å². The van der Waals surface area contributed by atoms with Crippen molar-refractivity contribution in [2.75, 3.05) is 5.75 Å². The Morgan fingerprint density at radius 1 is 1.15 bits per heavy atom. The van der Waals surface area contributed by atoms with Crippen molar-refractivity contribution in [3.8, 4) is 0 Å². The first-order chi connectivity index (χ1) is 12.6. The molecule has 0 aliphatic carbocycles. The van der Waals surface area contributed by atoms with Gasteiger partial charge in [-0.05, 0) is 39.7 Å². The Labute approximate surface area is 163 Å². The van der Waals surface area contributed by atoms with Crippen molar-refractivity contribution in [2.45, 2.75) is 58.0 Å². The Morgan fingerprint density at radius 2 is 1.74 bits per heavy atom. The van der Waals surface area contributed by atoms with E-state index in [0.717, 1.165) is 15.0 Å². The average molecular weight is 393 g/mol. The minimum Gasteiger partial charge on any atom is -0.337 e. The zero-order chi connectivity index (χ0) is 20.5. The van der Waals surface area contributed by atoms with Gasteiger partial charge in [0, 0.05) is 37.3 Å². The van der Waals surface area contributed by atoms with Gasteiger partial charge in [0.15, 0.2) is 0 Å². The number of amides is 1. The molecule has 0 fully saturated rings. The fourth-order valence-electron chi connectivity index (χ4n) is 3.34. The molecule has 2 aromatic rings. The number of thioether (sulfide) groups is 1. The fraction of sp³-hybridized carbons (Fsp3) is 0.579. The van der Waals surface area contributed by atoms with E-state index < -0.39 is 5.69 Å². The zero-order valence-corrected chi connectivity index (χ0v) is 17.9. The summed E-state index contributed by atoms with van der Waals surface area (Å²) in [7, 11) is 3.06. The second kappa shape index (κ2) is 8.29. The van der Waals surface area contributed by atoms with Gasteiger partial charge in [0.25, 0.3) is 5.56 Å². The van der Waals surface area contributed by atoms with E-state index in [-0.39, 0.29) is 29.3 Å². The summed E-state index contributed by atoms with van der Waals surface area (Å²) in [5.41, 5.74) is 0.453. The number of pyridine rings is 1. The van der Waals surface area contributed by atoms with Crippen molar-refractivity contribution in [3.05, 3.63) is 32.6 Å². The molecule has 0 aliphatic rings. The molecule has 0 saturated carbocycles. The highest BCUT2D eigenvalue weighted by Crippen LogP contribution is 2.29. The third-order valence-corrected chi connectivity index (χ3v) is 5.76. The predicted molar refractivity (Wildman–Crippen MR) is 109 cm³/mol. The number of hydrogen-bond donors (Lipinski definition) is 0. The number of carbonyl (C=O) groups excluding carboxylic acids is 1. The Balaban J connectivity index is 2.56. The molecule has 7 nitrogen and oxygen atoms in total. The monoisotopic (exact) mass is 392 g/mol. The fourth-order valence-corrected chi connectivity index (χ4v) is 4.46. The maximum atomic E-state index is 12.8. The van der Waals surface area contributed by atoms with Crippen LogP contribution in [0.5, 0.6) is 0 Å². The molecule has 8 heteroatoms. The summed E-state index contributed by atoms with van der Waals surface area (Å²) in [6, 6.07) is 0.207. The molecule has 0 atom stereocenters. The number of fused-ring (bicyclic) bond motifs is 1. The second-order valence-corrected chi connectivity index (χ2v) is 8.13. The van der Waals surface area contributed by atoms with Crippen molar-refractivity contribution in [1.29, 1.82) is 0 Å². The van der Waals surface area contributed by atoms with Crippen LogP contribution < -0.4 is 11.2 Å². The van der Waals surface area contributed by atoms with Crippen LogP contribution in [0.4, 0.5) is 0 Å². The van der Waals surface area contributed by atoms with Gasteiger partial charge in [0.2, 0.25) is 5.91 Å². The lowest BCUT2D eigenvalue weighted by atomic mass is 10.2. The molecule has 0 saturated heterocycles. The van der Waals surface area contributed by atoms with Gasteiger partial charge in [-0.15, -0.1) is 11.8 Å². The highest BCUT2D eigenvalue weighted by Gasteiger charge is 2.22. The van der Waals surface area contributed by atoms with Crippen molar-refractivity contribution < 1.29 is 4.79 Å². The predicted octanol–water partition coefficient (Wildman–Crippen LogP) is 1.93. The SMILES string of the molecule is CCc1cnc2c(c1SCC(=O)N(C(C)C)C(C)C)c(=O)n(C)c(=O)n2C. The van der Waals surface area contributed by atoms with Gasteiger partial charge in [0.1, 0.15) is 5.65 Å². The van der Waals surface area contributed by atoms with Gasteiger partial charge in [-0.3, -0.25) is 18.7 Å². The highest BCUT2D eigenvalue weighted by atomic mass is 32.2. The first kappa shape index (κ1) is 21.2. The molecule has 0 unspecified atom stereocenters. The van der Waals surface area contributed by atoms with Crippen LogP contribution >= 0.6 is 11.8 Å². The molecule has 0 spiro atoms. The molecule has 27 heavy (non-hydrogen) atoms. The lowest BCUT2D eigenvalue weighted by Crippen LogP contribution is -2.43. The van der Waals surface area contributed by atoms with Gasteiger partial charge in [-0.1, -0.05) is 6.92 Å². The van der Waals surface area contributed by atoms with E-state index in [4.69, 9.17) is 0 Å². The molecule has 0 N–H and O–H groups in total. The molecule has 2 heterocycles. The standard InChI is InChI=1S/C19H28N4O3S/c1-8-13-9-20-17-15(18(25)22(7)19(26)21(17)6)16(13)27-10-14(24)23(11(2)3)12(4)5/h9,11-12H,8,10H2,1-7H3. The Hall–Kier alpha value is -2.09. The van der Waals surface area contributed by atoms with Crippen molar-refractivity contribution in [1.82, 2.24) is 19.0 Å². The topological polar surface area (TPSA) is 77.2 Å². The molecule has 148 valence electrons. The second-order valence-electron chi connectivity index (χ2n) is 7.15. The third-order valence-electron chi connectivity index (χ3n) is 4.62. The van der Waals surface area contributed by atoms with Crippen LogP contribution in [0.25, 0.3) is 11.0 Å². The van der Waals surface area contributed by atoms with Crippen LogP contribution in [-0.2, 0) is 25.3 Å². The van der Waals surface area contributed by atoms with Crippen molar-refractivity contribution >= 4 is 28.7 Å². The summed E-state index contributed by atoms with van der Waals surface area (Å²) in [4.78, 5) is 44.7. The minimum absolute atomic E-state index is 0.0265. The number of carbonyl (C=O) groups is 1. The van der Waals surface area contributed by atoms with E-state index in [1.807, 2.05) is 39.5 Å². The summed E-state index contributed by atoms with van der Waals surface area (Å²) in [5, 5.41) is 0.400. The van der Waals surface area contributed by atoms with E-state index in [9.17, 15) is 14.4 Å². The van der Waals surface area contributed by atoms with Crippen LogP contribution in [0.3, 0.4) is 0 Å². The number of hydrogen-bond acceptors (Lipinski definition) is 5. The summed E-state index contributed by atoms with van der Waals surface area (Å²) < 4.78 is 2.46. The summed E-state index contributed by atoms with van der Waals surface area (Å²) in [6.07, 6.45) is 2.38. The maximum absolute atomic E-state index is 12.8. The molecular formula is C19H28N4O3S. The molecular weight excluding hydrogens is 364 g/mol. The van der Waals surface area contributed by atoms with Crippen LogP contribution in [0.15, 0.2) is 20.7 Å². The molecule has 0 aromatic carbocycles. The molecule has 0 bridgehead atoms. The van der Waals surface area contributed by atoms with Gasteiger partial charge in [-0.25, -0.2) is 9.78 Å². The molecule has 0 aliphatic heterocycles. The van der Waals surface area contributed by atoms with Crippen LogP contribution in [0.2, 0.25) is 0 Å². The maximum Gasteiger partial charge on any atom is 0.332 e. The molecule has 0 radical (unpaired) electrons.